The van der Waals surface area contributed by atoms with E-state index in [9.17, 15) is 9.18 Å². The van der Waals surface area contributed by atoms with Gasteiger partial charge in [0, 0.05) is 18.9 Å². The molecule has 0 aromatic carbocycles. The Morgan fingerprint density at radius 3 is 2.76 bits per heavy atom. The van der Waals surface area contributed by atoms with Crippen molar-refractivity contribution >= 4 is 11.7 Å². The predicted molar refractivity (Wildman–Crippen MR) is 76.7 cm³/mol. The van der Waals surface area contributed by atoms with Crippen LogP contribution in [0, 0.1) is 5.82 Å². The number of aromatic nitrogens is 2. The van der Waals surface area contributed by atoms with Crippen LogP contribution < -0.4 is 11.3 Å². The third-order valence-corrected chi connectivity index (χ3v) is 3.00. The second kappa shape index (κ2) is 6.76. The Balaban J connectivity index is 2.24. The van der Waals surface area contributed by atoms with Gasteiger partial charge < -0.3 is 10.3 Å². The van der Waals surface area contributed by atoms with Crippen LogP contribution in [-0.4, -0.2) is 27.3 Å². The topological polar surface area (TPSA) is 84.1 Å². The number of nitrogens with two attached hydrogens (primary N) is 1. The Labute approximate surface area is 121 Å². The van der Waals surface area contributed by atoms with Gasteiger partial charge in [0.05, 0.1) is 17.8 Å². The van der Waals surface area contributed by atoms with Crippen molar-refractivity contribution in [2.45, 2.75) is 13.5 Å². The fraction of sp³-hybridized carbons (Fsp3) is 0.214. The first-order chi connectivity index (χ1) is 10.2. The monoisotopic (exact) mass is 289 g/mol. The zero-order valence-corrected chi connectivity index (χ0v) is 11.6. The number of hydrogen-bond donors (Lipinski definition) is 2. The van der Waals surface area contributed by atoms with Gasteiger partial charge in [0.1, 0.15) is 0 Å². The molecule has 3 N–H and O–H groups in total. The van der Waals surface area contributed by atoms with Gasteiger partial charge in [0.25, 0.3) is 5.91 Å². The first-order valence-electron chi connectivity index (χ1n) is 6.47. The van der Waals surface area contributed by atoms with Gasteiger partial charge in [-0.05, 0) is 25.1 Å². The van der Waals surface area contributed by atoms with E-state index >= 15 is 0 Å². The van der Waals surface area contributed by atoms with Crippen LogP contribution in [-0.2, 0) is 6.54 Å². The second-order valence-corrected chi connectivity index (χ2v) is 4.31. The van der Waals surface area contributed by atoms with Crippen molar-refractivity contribution in [3.63, 3.8) is 0 Å². The summed E-state index contributed by atoms with van der Waals surface area (Å²) in [6, 6.07) is 6.78. The summed E-state index contributed by atoms with van der Waals surface area (Å²) in [6.45, 7) is 2.56. The number of nitrogens with zero attached hydrogens (tertiary/aromatic N) is 3. The van der Waals surface area contributed by atoms with Crippen molar-refractivity contribution in [3.05, 3.63) is 53.7 Å². The molecule has 7 heteroatoms. The molecule has 0 bridgehead atoms. The SMILES string of the molecule is CCN(Cc1ccccn1)C(=O)c1ccnc(NN)c1F. The fourth-order valence-electron chi connectivity index (χ4n) is 1.89. The highest BCUT2D eigenvalue weighted by atomic mass is 19.1. The predicted octanol–water partition coefficient (Wildman–Crippen LogP) is 1.56. The Kier molecular flexibility index (Phi) is 4.78. The molecule has 0 saturated heterocycles. The Hall–Kier alpha value is -2.54. The molecule has 6 nitrogen and oxygen atoms in total. The van der Waals surface area contributed by atoms with Gasteiger partial charge >= 0.3 is 0 Å². The summed E-state index contributed by atoms with van der Waals surface area (Å²) in [5.41, 5.74) is 2.79. The number of carbonyl (C=O) groups excluding carboxylic acids is 1. The number of hydrazine groups is 1. The average molecular weight is 289 g/mol. The molecule has 0 saturated carbocycles. The lowest BCUT2D eigenvalue weighted by molar-refractivity contribution is 0.0746. The molecule has 0 fully saturated rings. The van der Waals surface area contributed by atoms with E-state index in [0.29, 0.717) is 13.1 Å². The summed E-state index contributed by atoms with van der Waals surface area (Å²) >= 11 is 0. The van der Waals surface area contributed by atoms with Gasteiger partial charge in [0.2, 0.25) is 0 Å². The van der Waals surface area contributed by atoms with Gasteiger partial charge in [-0.3, -0.25) is 9.78 Å². The summed E-state index contributed by atoms with van der Waals surface area (Å²) in [7, 11) is 0. The smallest absolute Gasteiger partial charge is 0.257 e. The lowest BCUT2D eigenvalue weighted by atomic mass is 10.2. The molecule has 2 heterocycles. The van der Waals surface area contributed by atoms with Crippen molar-refractivity contribution < 1.29 is 9.18 Å². The summed E-state index contributed by atoms with van der Waals surface area (Å²) < 4.78 is 14.1. The molecule has 2 rings (SSSR count). The highest BCUT2D eigenvalue weighted by Gasteiger charge is 2.21. The molecule has 2 aromatic rings. The van der Waals surface area contributed by atoms with Crippen molar-refractivity contribution in [3.8, 4) is 0 Å². The largest absolute Gasteiger partial charge is 0.333 e. The number of hydrogen-bond acceptors (Lipinski definition) is 5. The van der Waals surface area contributed by atoms with Gasteiger partial charge in [-0.2, -0.15) is 0 Å². The molecule has 21 heavy (non-hydrogen) atoms. The zero-order valence-electron chi connectivity index (χ0n) is 11.6. The van der Waals surface area contributed by atoms with Crippen LogP contribution in [0.1, 0.15) is 23.0 Å². The molecular formula is C14H16FN5O. The maximum atomic E-state index is 14.1. The summed E-state index contributed by atoms with van der Waals surface area (Å²) in [5, 5.41) is 0. The van der Waals surface area contributed by atoms with Gasteiger partial charge in [0.15, 0.2) is 11.6 Å². The van der Waals surface area contributed by atoms with E-state index in [4.69, 9.17) is 5.84 Å². The van der Waals surface area contributed by atoms with Crippen molar-refractivity contribution in [2.24, 2.45) is 5.84 Å². The van der Waals surface area contributed by atoms with Crippen LogP contribution in [0.4, 0.5) is 10.2 Å². The number of amides is 1. The van der Waals surface area contributed by atoms with Crippen LogP contribution in [0.25, 0.3) is 0 Å². The third kappa shape index (κ3) is 3.32. The second-order valence-electron chi connectivity index (χ2n) is 4.31. The lowest BCUT2D eigenvalue weighted by Gasteiger charge is -2.21. The summed E-state index contributed by atoms with van der Waals surface area (Å²) in [5.74, 6) is 3.82. The zero-order chi connectivity index (χ0) is 15.2. The molecular weight excluding hydrogens is 273 g/mol. The van der Waals surface area contributed by atoms with Crippen LogP contribution in [0.2, 0.25) is 0 Å². The van der Waals surface area contributed by atoms with Crippen LogP contribution >= 0.6 is 0 Å². The quantitative estimate of drug-likeness (QED) is 0.644. The molecule has 0 radical (unpaired) electrons. The van der Waals surface area contributed by atoms with Crippen molar-refractivity contribution in [1.29, 1.82) is 0 Å². The van der Waals surface area contributed by atoms with Gasteiger partial charge in [-0.25, -0.2) is 15.2 Å². The number of pyridine rings is 2. The molecule has 1 amide bonds. The Morgan fingerprint density at radius 1 is 1.33 bits per heavy atom. The van der Waals surface area contributed by atoms with Crippen molar-refractivity contribution in [2.75, 3.05) is 12.0 Å². The molecule has 0 aliphatic heterocycles. The maximum Gasteiger partial charge on any atom is 0.257 e. The fourth-order valence-corrected chi connectivity index (χ4v) is 1.89. The van der Waals surface area contributed by atoms with E-state index < -0.39 is 11.7 Å². The minimum atomic E-state index is -0.760. The molecule has 0 aliphatic rings. The highest BCUT2D eigenvalue weighted by molar-refractivity contribution is 5.95. The van der Waals surface area contributed by atoms with Crippen LogP contribution in [0.3, 0.4) is 0 Å². The summed E-state index contributed by atoms with van der Waals surface area (Å²) in [4.78, 5) is 21.8. The lowest BCUT2D eigenvalue weighted by Crippen LogP contribution is -2.31. The molecule has 110 valence electrons. The average Bonchev–Trinajstić information content (AvgIpc) is 2.53. The molecule has 2 aromatic heterocycles. The number of rotatable bonds is 5. The van der Waals surface area contributed by atoms with E-state index in [-0.39, 0.29) is 11.4 Å². The van der Waals surface area contributed by atoms with E-state index in [2.05, 4.69) is 15.4 Å². The van der Waals surface area contributed by atoms with E-state index in [1.807, 2.05) is 19.1 Å². The Bertz CT molecular complexity index is 620. The molecule has 0 aliphatic carbocycles. The number of halogens is 1. The molecule has 0 unspecified atom stereocenters. The minimum absolute atomic E-state index is 0.0734. The minimum Gasteiger partial charge on any atom is -0.333 e. The number of nitrogen functional groups attached to an aromatic ring is 1. The van der Waals surface area contributed by atoms with Crippen molar-refractivity contribution in [1.82, 2.24) is 14.9 Å². The van der Waals surface area contributed by atoms with Gasteiger partial charge in [-0.15, -0.1) is 0 Å². The highest BCUT2D eigenvalue weighted by Crippen LogP contribution is 2.17. The van der Waals surface area contributed by atoms with Crippen LogP contribution in [0.15, 0.2) is 36.7 Å². The van der Waals surface area contributed by atoms with E-state index in [1.54, 1.807) is 12.3 Å². The maximum absolute atomic E-state index is 14.1. The number of carbonyl (C=O) groups is 1. The normalized spacial score (nSPS) is 10.2. The Morgan fingerprint density at radius 2 is 2.14 bits per heavy atom. The number of nitrogens with one attached hydrogen (secondary N) is 1. The van der Waals surface area contributed by atoms with E-state index in [0.717, 1.165) is 5.69 Å². The standard InChI is InChI=1S/C14H16FN5O/c1-2-20(9-10-5-3-4-7-17-10)14(21)11-6-8-18-13(19-16)12(11)15/h3-8H,2,9,16H2,1H3,(H,18,19). The van der Waals surface area contributed by atoms with Crippen LogP contribution in [0.5, 0.6) is 0 Å². The first-order valence-corrected chi connectivity index (χ1v) is 6.47. The first kappa shape index (κ1) is 14.9. The molecule has 0 atom stereocenters. The summed E-state index contributed by atoms with van der Waals surface area (Å²) in [6.07, 6.45) is 2.98. The van der Waals surface area contributed by atoms with E-state index in [1.165, 1.54) is 17.2 Å². The van der Waals surface area contributed by atoms with Gasteiger partial charge in [-0.1, -0.05) is 6.07 Å². The molecule has 0 spiro atoms. The third-order valence-electron chi connectivity index (χ3n) is 3.00. The number of anilines is 1.